The molecule has 0 aliphatic heterocycles. The summed E-state index contributed by atoms with van der Waals surface area (Å²) in [4.78, 5) is 10.9. The van der Waals surface area contributed by atoms with Gasteiger partial charge in [-0.3, -0.25) is 4.79 Å². The van der Waals surface area contributed by atoms with Gasteiger partial charge >= 0.3 is 5.97 Å². The number of carboxylic acids is 1. The van der Waals surface area contributed by atoms with E-state index in [0.29, 0.717) is 5.92 Å². The molecule has 1 N–H and O–H groups in total. The second kappa shape index (κ2) is 5.42. The Bertz CT molecular complexity index is 433. The summed E-state index contributed by atoms with van der Waals surface area (Å²) in [6.45, 7) is 8.12. The fraction of sp³-hybridized carbons (Fsp3) is 0.533. The highest BCUT2D eigenvalue weighted by Gasteiger charge is 2.25. The molecule has 0 saturated heterocycles. The molecule has 0 aliphatic rings. The first-order chi connectivity index (χ1) is 8.26. The van der Waals surface area contributed by atoms with Crippen LogP contribution in [-0.4, -0.2) is 18.2 Å². The largest absolute Gasteiger partial charge is 0.497 e. The Morgan fingerprint density at radius 2 is 1.94 bits per heavy atom. The van der Waals surface area contributed by atoms with E-state index in [4.69, 9.17) is 9.84 Å². The number of rotatable bonds is 5. The average molecular weight is 250 g/mol. The minimum Gasteiger partial charge on any atom is -0.497 e. The molecular weight excluding hydrogens is 228 g/mol. The SMILES string of the molecule is COc1cc(C(C)C)cc(C(C)(C)CC(=O)O)c1. The van der Waals surface area contributed by atoms with Gasteiger partial charge in [-0.25, -0.2) is 0 Å². The second-order valence-corrected chi connectivity index (χ2v) is 5.60. The first-order valence-electron chi connectivity index (χ1n) is 6.17. The number of aliphatic carboxylic acids is 1. The third kappa shape index (κ3) is 3.49. The molecule has 0 spiro atoms. The predicted octanol–water partition coefficient (Wildman–Crippen LogP) is 3.57. The van der Waals surface area contributed by atoms with Crippen molar-refractivity contribution < 1.29 is 14.6 Å². The van der Waals surface area contributed by atoms with Crippen LogP contribution in [0.25, 0.3) is 0 Å². The van der Waals surface area contributed by atoms with Gasteiger partial charge in [-0.1, -0.05) is 33.8 Å². The molecular formula is C15H22O3. The molecule has 1 aromatic carbocycles. The van der Waals surface area contributed by atoms with Crippen molar-refractivity contribution in [2.45, 2.75) is 45.4 Å². The van der Waals surface area contributed by atoms with Crippen molar-refractivity contribution in [3.63, 3.8) is 0 Å². The molecule has 0 amide bonds. The van der Waals surface area contributed by atoms with Gasteiger partial charge in [0.25, 0.3) is 0 Å². The zero-order valence-electron chi connectivity index (χ0n) is 11.8. The molecule has 0 atom stereocenters. The Morgan fingerprint density at radius 1 is 1.33 bits per heavy atom. The summed E-state index contributed by atoms with van der Waals surface area (Å²) in [5.41, 5.74) is 1.78. The molecule has 1 aromatic rings. The van der Waals surface area contributed by atoms with Crippen molar-refractivity contribution in [1.29, 1.82) is 0 Å². The van der Waals surface area contributed by atoms with Crippen LogP contribution in [0.15, 0.2) is 18.2 Å². The number of hydrogen-bond donors (Lipinski definition) is 1. The van der Waals surface area contributed by atoms with E-state index in [-0.39, 0.29) is 6.42 Å². The number of carboxylic acid groups (broad SMARTS) is 1. The molecule has 1 rings (SSSR count). The highest BCUT2D eigenvalue weighted by atomic mass is 16.5. The summed E-state index contributed by atoms with van der Waals surface area (Å²) in [5.74, 6) is 0.392. The minimum atomic E-state index is -0.783. The summed E-state index contributed by atoms with van der Waals surface area (Å²) in [6.07, 6.45) is 0.109. The maximum absolute atomic E-state index is 10.9. The molecule has 0 aliphatic carbocycles. The van der Waals surface area contributed by atoms with E-state index in [0.717, 1.165) is 11.3 Å². The summed E-state index contributed by atoms with van der Waals surface area (Å²) in [5, 5.41) is 8.98. The molecule has 0 aromatic heterocycles. The van der Waals surface area contributed by atoms with Crippen molar-refractivity contribution in [3.8, 4) is 5.75 Å². The van der Waals surface area contributed by atoms with Crippen LogP contribution in [0.1, 0.15) is 51.2 Å². The number of methoxy groups -OCH3 is 1. The normalized spacial score (nSPS) is 11.7. The van der Waals surface area contributed by atoms with Gasteiger partial charge in [0.2, 0.25) is 0 Å². The van der Waals surface area contributed by atoms with Crippen LogP contribution < -0.4 is 4.74 Å². The molecule has 0 bridgehead atoms. The molecule has 0 unspecified atom stereocenters. The lowest BCUT2D eigenvalue weighted by atomic mass is 9.80. The molecule has 0 saturated carbocycles. The van der Waals surface area contributed by atoms with Gasteiger partial charge < -0.3 is 9.84 Å². The van der Waals surface area contributed by atoms with Crippen molar-refractivity contribution in [3.05, 3.63) is 29.3 Å². The van der Waals surface area contributed by atoms with Crippen molar-refractivity contribution in [1.82, 2.24) is 0 Å². The molecule has 3 heteroatoms. The van der Waals surface area contributed by atoms with E-state index < -0.39 is 11.4 Å². The van der Waals surface area contributed by atoms with Crippen LogP contribution in [0, 0.1) is 0 Å². The maximum Gasteiger partial charge on any atom is 0.304 e. The number of benzene rings is 1. The molecule has 100 valence electrons. The third-order valence-electron chi connectivity index (χ3n) is 3.21. The topological polar surface area (TPSA) is 46.5 Å². The van der Waals surface area contributed by atoms with Crippen LogP contribution in [-0.2, 0) is 10.2 Å². The Balaban J connectivity index is 3.22. The van der Waals surface area contributed by atoms with Gasteiger partial charge in [0, 0.05) is 5.41 Å². The highest BCUT2D eigenvalue weighted by Crippen LogP contribution is 2.32. The number of hydrogen-bond acceptors (Lipinski definition) is 2. The summed E-state index contributed by atoms with van der Waals surface area (Å²) < 4.78 is 5.30. The molecule has 0 radical (unpaired) electrons. The Morgan fingerprint density at radius 3 is 2.39 bits per heavy atom. The zero-order chi connectivity index (χ0) is 13.9. The van der Waals surface area contributed by atoms with Gasteiger partial charge in [0.1, 0.15) is 5.75 Å². The highest BCUT2D eigenvalue weighted by molar-refractivity contribution is 5.69. The molecule has 3 nitrogen and oxygen atoms in total. The average Bonchev–Trinajstić information content (AvgIpc) is 2.26. The second-order valence-electron chi connectivity index (χ2n) is 5.60. The van der Waals surface area contributed by atoms with Crippen molar-refractivity contribution in [2.75, 3.05) is 7.11 Å². The minimum absolute atomic E-state index is 0.109. The fourth-order valence-electron chi connectivity index (χ4n) is 1.94. The van der Waals surface area contributed by atoms with E-state index >= 15 is 0 Å². The van der Waals surface area contributed by atoms with E-state index in [1.807, 2.05) is 26.0 Å². The van der Waals surface area contributed by atoms with Crippen LogP contribution in [0.4, 0.5) is 0 Å². The lowest BCUT2D eigenvalue weighted by Crippen LogP contribution is -2.22. The Labute approximate surface area is 109 Å². The first kappa shape index (κ1) is 14.6. The van der Waals surface area contributed by atoms with Crippen LogP contribution >= 0.6 is 0 Å². The van der Waals surface area contributed by atoms with E-state index in [1.54, 1.807) is 7.11 Å². The summed E-state index contributed by atoms with van der Waals surface area (Å²) >= 11 is 0. The van der Waals surface area contributed by atoms with E-state index in [9.17, 15) is 4.79 Å². The van der Waals surface area contributed by atoms with Crippen LogP contribution in [0.3, 0.4) is 0 Å². The van der Waals surface area contributed by atoms with Gasteiger partial charge in [0.05, 0.1) is 13.5 Å². The number of carbonyl (C=O) groups is 1. The zero-order valence-corrected chi connectivity index (χ0v) is 11.8. The standard InChI is InChI=1S/C15H22O3/c1-10(2)11-6-12(8-13(7-11)18-5)15(3,4)9-14(16)17/h6-8,10H,9H2,1-5H3,(H,16,17). The van der Waals surface area contributed by atoms with Crippen molar-refractivity contribution >= 4 is 5.97 Å². The Kier molecular flexibility index (Phi) is 4.38. The Hall–Kier alpha value is -1.51. The van der Waals surface area contributed by atoms with Gasteiger partial charge in [-0.15, -0.1) is 0 Å². The summed E-state index contributed by atoms with van der Waals surface area (Å²) in [7, 11) is 1.63. The fourth-order valence-corrected chi connectivity index (χ4v) is 1.94. The van der Waals surface area contributed by atoms with Crippen LogP contribution in [0.5, 0.6) is 5.75 Å². The van der Waals surface area contributed by atoms with E-state index in [1.165, 1.54) is 5.56 Å². The maximum atomic E-state index is 10.9. The molecule has 0 heterocycles. The quantitative estimate of drug-likeness (QED) is 0.869. The smallest absolute Gasteiger partial charge is 0.304 e. The van der Waals surface area contributed by atoms with Crippen LogP contribution in [0.2, 0.25) is 0 Å². The molecule has 0 fully saturated rings. The van der Waals surface area contributed by atoms with Gasteiger partial charge in [0.15, 0.2) is 0 Å². The first-order valence-corrected chi connectivity index (χ1v) is 6.17. The summed E-state index contributed by atoms with van der Waals surface area (Å²) in [6, 6.07) is 6.01. The number of ether oxygens (including phenoxy) is 1. The van der Waals surface area contributed by atoms with Gasteiger partial charge in [-0.05, 0) is 29.2 Å². The van der Waals surface area contributed by atoms with Gasteiger partial charge in [-0.2, -0.15) is 0 Å². The van der Waals surface area contributed by atoms with E-state index in [2.05, 4.69) is 19.9 Å². The lowest BCUT2D eigenvalue weighted by molar-refractivity contribution is -0.138. The predicted molar refractivity (Wildman–Crippen MR) is 72.4 cm³/mol. The van der Waals surface area contributed by atoms with Crippen molar-refractivity contribution in [2.24, 2.45) is 0 Å². The molecule has 18 heavy (non-hydrogen) atoms. The third-order valence-corrected chi connectivity index (χ3v) is 3.21. The monoisotopic (exact) mass is 250 g/mol. The lowest BCUT2D eigenvalue weighted by Gasteiger charge is -2.25.